The fourth-order valence-electron chi connectivity index (χ4n) is 2.62. The Bertz CT molecular complexity index is 480. The van der Waals surface area contributed by atoms with E-state index in [1.807, 2.05) is 24.3 Å². The summed E-state index contributed by atoms with van der Waals surface area (Å²) >= 11 is 0. The first kappa shape index (κ1) is 16.1. The zero-order valence-electron chi connectivity index (χ0n) is 12.1. The Balaban J connectivity index is 0.00000161. The minimum absolute atomic E-state index is 0. The van der Waals surface area contributed by atoms with Crippen LogP contribution in [0.15, 0.2) is 24.3 Å². The van der Waals surface area contributed by atoms with Gasteiger partial charge in [0.2, 0.25) is 5.91 Å². The average molecular weight is 311 g/mol. The molecule has 1 aromatic carbocycles. The molecule has 0 bridgehead atoms. The molecule has 0 radical (unpaired) electrons. The van der Waals surface area contributed by atoms with Crippen LogP contribution in [0, 0.1) is 5.92 Å². The Morgan fingerprint density at radius 3 is 2.43 bits per heavy atom. The van der Waals surface area contributed by atoms with Crippen LogP contribution in [-0.4, -0.2) is 18.1 Å². The van der Waals surface area contributed by atoms with Crippen molar-refractivity contribution in [1.82, 2.24) is 0 Å². The van der Waals surface area contributed by atoms with Crippen LogP contribution in [0.5, 0.6) is 5.75 Å². The lowest BCUT2D eigenvalue weighted by atomic mass is 9.98. The lowest BCUT2D eigenvalue weighted by Gasteiger charge is -2.22. The van der Waals surface area contributed by atoms with Gasteiger partial charge in [0, 0.05) is 5.69 Å². The van der Waals surface area contributed by atoms with Crippen molar-refractivity contribution >= 4 is 24.0 Å². The van der Waals surface area contributed by atoms with E-state index in [0.29, 0.717) is 0 Å². The van der Waals surface area contributed by atoms with E-state index < -0.39 is 5.54 Å². The largest absolute Gasteiger partial charge is 0.493 e. The highest BCUT2D eigenvalue weighted by atomic mass is 35.5. The predicted molar refractivity (Wildman–Crippen MR) is 85.9 cm³/mol. The second-order valence-electron chi connectivity index (χ2n) is 6.10. The van der Waals surface area contributed by atoms with Crippen LogP contribution >= 0.6 is 12.4 Å². The number of ether oxygens (including phenoxy) is 1. The summed E-state index contributed by atoms with van der Waals surface area (Å²) in [5.41, 5.74) is 6.23. The molecule has 0 aliphatic heterocycles. The number of amides is 1. The summed E-state index contributed by atoms with van der Waals surface area (Å²) in [4.78, 5) is 12.2. The minimum atomic E-state index is -0.679. The van der Waals surface area contributed by atoms with Crippen LogP contribution in [0.25, 0.3) is 0 Å². The highest BCUT2D eigenvalue weighted by Crippen LogP contribution is 2.30. The molecule has 5 heteroatoms. The number of hydrogen-bond donors (Lipinski definition) is 2. The third-order valence-electron chi connectivity index (χ3n) is 4.24. The molecule has 2 aliphatic rings. The zero-order chi connectivity index (χ0) is 14.0. The third-order valence-corrected chi connectivity index (χ3v) is 4.24. The van der Waals surface area contributed by atoms with E-state index in [4.69, 9.17) is 10.5 Å². The molecule has 0 saturated heterocycles. The molecular formula is C16H23ClN2O2. The topological polar surface area (TPSA) is 64.4 Å². The van der Waals surface area contributed by atoms with Crippen LogP contribution in [0.4, 0.5) is 5.69 Å². The summed E-state index contributed by atoms with van der Waals surface area (Å²) in [6.07, 6.45) is 6.21. The maximum Gasteiger partial charge on any atom is 0.244 e. The van der Waals surface area contributed by atoms with E-state index in [-0.39, 0.29) is 18.3 Å². The van der Waals surface area contributed by atoms with Crippen molar-refractivity contribution < 1.29 is 9.53 Å². The van der Waals surface area contributed by atoms with Gasteiger partial charge in [-0.2, -0.15) is 0 Å². The molecule has 0 atom stereocenters. The van der Waals surface area contributed by atoms with Gasteiger partial charge in [0.25, 0.3) is 0 Å². The van der Waals surface area contributed by atoms with E-state index in [2.05, 4.69) is 5.32 Å². The molecule has 3 N–H and O–H groups in total. The number of benzene rings is 1. The normalized spacial score (nSPS) is 19.7. The van der Waals surface area contributed by atoms with Crippen LogP contribution in [0.3, 0.4) is 0 Å². The number of nitrogens with two attached hydrogens (primary N) is 1. The molecule has 116 valence electrons. The molecule has 0 aromatic heterocycles. The van der Waals surface area contributed by atoms with E-state index in [1.54, 1.807) is 0 Å². The Labute approximate surface area is 131 Å². The second kappa shape index (κ2) is 6.67. The Hall–Kier alpha value is -1.26. The zero-order valence-corrected chi connectivity index (χ0v) is 13.0. The van der Waals surface area contributed by atoms with Crippen molar-refractivity contribution in [2.75, 3.05) is 11.9 Å². The van der Waals surface area contributed by atoms with Gasteiger partial charge in [-0.15, -0.1) is 12.4 Å². The van der Waals surface area contributed by atoms with Crippen molar-refractivity contribution in [2.45, 2.75) is 44.1 Å². The Kier molecular flexibility index (Phi) is 5.12. The molecule has 1 aromatic rings. The fraction of sp³-hybridized carbons (Fsp3) is 0.562. The number of carbonyl (C=O) groups excluding carboxylic acids is 1. The quantitative estimate of drug-likeness (QED) is 0.878. The molecule has 2 aliphatic carbocycles. The molecule has 0 unspecified atom stereocenters. The van der Waals surface area contributed by atoms with Gasteiger partial charge in [0.1, 0.15) is 5.75 Å². The second-order valence-corrected chi connectivity index (χ2v) is 6.10. The monoisotopic (exact) mass is 310 g/mol. The predicted octanol–water partition coefficient (Wildman–Crippen LogP) is 3.11. The first-order valence-corrected chi connectivity index (χ1v) is 7.49. The van der Waals surface area contributed by atoms with Gasteiger partial charge in [0.15, 0.2) is 0 Å². The number of hydrogen-bond acceptors (Lipinski definition) is 3. The molecule has 0 heterocycles. The van der Waals surface area contributed by atoms with Crippen LogP contribution in [-0.2, 0) is 4.79 Å². The summed E-state index contributed by atoms with van der Waals surface area (Å²) in [7, 11) is 0. The van der Waals surface area contributed by atoms with Crippen molar-refractivity contribution in [3.8, 4) is 5.75 Å². The van der Waals surface area contributed by atoms with Gasteiger partial charge in [0.05, 0.1) is 12.1 Å². The molecule has 0 spiro atoms. The SMILES string of the molecule is Cl.NC1(C(=O)Nc2ccc(OCC3CC3)cc2)CCCC1. The first-order valence-electron chi connectivity index (χ1n) is 7.49. The van der Waals surface area contributed by atoms with Gasteiger partial charge in [-0.1, -0.05) is 12.8 Å². The smallest absolute Gasteiger partial charge is 0.244 e. The molecular weight excluding hydrogens is 288 g/mol. The van der Waals surface area contributed by atoms with Gasteiger partial charge >= 0.3 is 0 Å². The van der Waals surface area contributed by atoms with Crippen molar-refractivity contribution in [3.05, 3.63) is 24.3 Å². The van der Waals surface area contributed by atoms with Crippen LogP contribution < -0.4 is 15.8 Å². The Morgan fingerprint density at radius 1 is 1.24 bits per heavy atom. The van der Waals surface area contributed by atoms with E-state index in [9.17, 15) is 4.79 Å². The Morgan fingerprint density at radius 2 is 1.86 bits per heavy atom. The summed E-state index contributed by atoms with van der Waals surface area (Å²) in [6.45, 7) is 0.803. The maximum absolute atomic E-state index is 12.2. The van der Waals surface area contributed by atoms with Gasteiger partial charge in [-0.25, -0.2) is 0 Å². The molecule has 2 saturated carbocycles. The van der Waals surface area contributed by atoms with Gasteiger partial charge in [-0.05, 0) is 55.9 Å². The van der Waals surface area contributed by atoms with Gasteiger partial charge < -0.3 is 15.8 Å². The maximum atomic E-state index is 12.2. The molecule has 3 rings (SSSR count). The lowest BCUT2D eigenvalue weighted by Crippen LogP contribution is -2.48. The summed E-state index contributed by atoms with van der Waals surface area (Å²) < 4.78 is 5.67. The molecule has 2 fully saturated rings. The number of anilines is 1. The highest BCUT2D eigenvalue weighted by Gasteiger charge is 2.36. The third kappa shape index (κ3) is 4.11. The van der Waals surface area contributed by atoms with E-state index in [1.165, 1.54) is 12.8 Å². The average Bonchev–Trinajstić information content (AvgIpc) is 3.18. The summed E-state index contributed by atoms with van der Waals surface area (Å²) in [6, 6.07) is 7.54. The van der Waals surface area contributed by atoms with Crippen molar-refractivity contribution in [2.24, 2.45) is 11.7 Å². The number of halogens is 1. The lowest BCUT2D eigenvalue weighted by molar-refractivity contribution is -0.121. The van der Waals surface area contributed by atoms with Gasteiger partial charge in [-0.3, -0.25) is 4.79 Å². The number of carbonyl (C=O) groups is 1. The fourth-order valence-corrected chi connectivity index (χ4v) is 2.62. The number of nitrogens with one attached hydrogen (secondary N) is 1. The van der Waals surface area contributed by atoms with Crippen LogP contribution in [0.1, 0.15) is 38.5 Å². The molecule has 1 amide bonds. The first-order chi connectivity index (χ1) is 9.66. The van der Waals surface area contributed by atoms with Crippen LogP contribution in [0.2, 0.25) is 0 Å². The van der Waals surface area contributed by atoms with E-state index in [0.717, 1.165) is 49.6 Å². The summed E-state index contributed by atoms with van der Waals surface area (Å²) in [5, 5.41) is 2.91. The summed E-state index contributed by atoms with van der Waals surface area (Å²) in [5.74, 6) is 1.54. The number of rotatable bonds is 5. The van der Waals surface area contributed by atoms with Crippen molar-refractivity contribution in [1.29, 1.82) is 0 Å². The standard InChI is InChI=1S/C16H22N2O2.ClH/c17-16(9-1-2-10-16)15(19)18-13-5-7-14(8-6-13)20-11-12-3-4-12;/h5-8,12H,1-4,9-11,17H2,(H,18,19);1H. The minimum Gasteiger partial charge on any atom is -0.493 e. The molecule has 4 nitrogen and oxygen atoms in total. The highest BCUT2D eigenvalue weighted by molar-refractivity contribution is 5.98. The molecule has 21 heavy (non-hydrogen) atoms. The van der Waals surface area contributed by atoms with Crippen molar-refractivity contribution in [3.63, 3.8) is 0 Å². The van der Waals surface area contributed by atoms with E-state index >= 15 is 0 Å².